The molecule has 1 heterocycles. The molecule has 0 fully saturated rings. The Morgan fingerprint density at radius 2 is 1.80 bits per heavy atom. The van der Waals surface area contributed by atoms with Gasteiger partial charge in [-0.15, -0.1) is 24.5 Å². The average Bonchev–Trinajstić information content (AvgIpc) is 3.01. The number of carbonyl (C=O) groups excluding carboxylic acids is 1. The Labute approximate surface area is 145 Å². The van der Waals surface area contributed by atoms with E-state index < -0.39 is 28.0 Å². The van der Waals surface area contributed by atoms with Gasteiger partial charge in [0, 0.05) is 10.4 Å². The van der Waals surface area contributed by atoms with Gasteiger partial charge in [0.2, 0.25) is 10.0 Å². The van der Waals surface area contributed by atoms with Crippen LogP contribution in [0.2, 0.25) is 0 Å². The number of benzene rings is 1. The number of hydrogen-bond acceptors (Lipinski definition) is 5. The lowest BCUT2D eigenvalue weighted by Gasteiger charge is -2.09. The number of hydrogen-bond donors (Lipinski definition) is 2. The smallest absolute Gasteiger partial charge is 0.406 e. The van der Waals surface area contributed by atoms with Crippen LogP contribution in [0.3, 0.4) is 0 Å². The third-order valence-corrected chi connectivity index (χ3v) is 5.94. The molecule has 25 heavy (non-hydrogen) atoms. The standard InChI is InChI=1S/C14H13F3N2O4S2/c1-18-25(21,22)12-7-6-11(24-12)8-19-13(20)9-2-4-10(5-3-9)23-14(15,16)17/h2-7,18H,8H2,1H3,(H,19,20). The van der Waals surface area contributed by atoms with E-state index in [1.165, 1.54) is 25.2 Å². The molecule has 0 saturated heterocycles. The van der Waals surface area contributed by atoms with Crippen molar-refractivity contribution in [1.82, 2.24) is 10.0 Å². The first-order valence-electron chi connectivity index (χ1n) is 6.77. The van der Waals surface area contributed by atoms with Crippen molar-refractivity contribution in [2.24, 2.45) is 0 Å². The van der Waals surface area contributed by atoms with E-state index in [9.17, 15) is 26.4 Å². The van der Waals surface area contributed by atoms with Gasteiger partial charge in [0.25, 0.3) is 5.91 Å². The predicted molar refractivity (Wildman–Crippen MR) is 84.9 cm³/mol. The minimum absolute atomic E-state index is 0.0868. The van der Waals surface area contributed by atoms with Gasteiger partial charge in [-0.05, 0) is 43.4 Å². The van der Waals surface area contributed by atoms with Crippen LogP contribution in [0.1, 0.15) is 15.2 Å². The summed E-state index contributed by atoms with van der Waals surface area (Å²) < 4.78 is 65.5. The first-order valence-corrected chi connectivity index (χ1v) is 9.07. The van der Waals surface area contributed by atoms with Crippen LogP contribution in [-0.4, -0.2) is 27.7 Å². The van der Waals surface area contributed by atoms with Gasteiger partial charge in [-0.3, -0.25) is 4.79 Å². The fourth-order valence-corrected chi connectivity index (χ4v) is 3.91. The Bertz CT molecular complexity index is 846. The number of nitrogens with one attached hydrogen (secondary N) is 2. The van der Waals surface area contributed by atoms with Crippen molar-refractivity contribution in [3.63, 3.8) is 0 Å². The molecule has 2 rings (SSSR count). The van der Waals surface area contributed by atoms with E-state index in [1.54, 1.807) is 6.07 Å². The number of amides is 1. The normalized spacial score (nSPS) is 12.0. The van der Waals surface area contributed by atoms with Gasteiger partial charge in [-0.1, -0.05) is 0 Å². The summed E-state index contributed by atoms with van der Waals surface area (Å²) >= 11 is 1.00. The average molecular weight is 394 g/mol. The van der Waals surface area contributed by atoms with Crippen LogP contribution < -0.4 is 14.8 Å². The molecule has 1 amide bonds. The first-order chi connectivity index (χ1) is 11.6. The fourth-order valence-electron chi connectivity index (χ4n) is 1.78. The van der Waals surface area contributed by atoms with Crippen LogP contribution in [0.5, 0.6) is 5.75 Å². The molecule has 11 heteroatoms. The Balaban J connectivity index is 1.96. The predicted octanol–water partition coefficient (Wildman–Crippen LogP) is 2.48. The third-order valence-electron chi connectivity index (χ3n) is 2.94. The molecule has 0 aliphatic rings. The second-order valence-electron chi connectivity index (χ2n) is 4.68. The number of halogens is 3. The molecule has 0 aliphatic heterocycles. The lowest BCUT2D eigenvalue weighted by molar-refractivity contribution is -0.274. The number of alkyl halides is 3. The molecule has 2 aromatic rings. The van der Waals surface area contributed by atoms with Crippen LogP contribution in [0, 0.1) is 0 Å². The maximum atomic E-state index is 12.1. The molecular weight excluding hydrogens is 381 g/mol. The maximum absolute atomic E-state index is 12.1. The second-order valence-corrected chi connectivity index (χ2v) is 7.96. The number of thiophene rings is 1. The zero-order valence-electron chi connectivity index (χ0n) is 12.8. The summed E-state index contributed by atoms with van der Waals surface area (Å²) in [6, 6.07) is 7.44. The van der Waals surface area contributed by atoms with Crippen molar-refractivity contribution in [2.45, 2.75) is 17.1 Å². The van der Waals surface area contributed by atoms with Crippen LogP contribution in [-0.2, 0) is 16.6 Å². The minimum atomic E-state index is -4.80. The highest BCUT2D eigenvalue weighted by atomic mass is 32.2. The van der Waals surface area contributed by atoms with Crippen LogP contribution in [0.4, 0.5) is 13.2 Å². The van der Waals surface area contributed by atoms with Crippen molar-refractivity contribution in [3.05, 3.63) is 46.8 Å². The van der Waals surface area contributed by atoms with Gasteiger partial charge < -0.3 is 10.1 Å². The summed E-state index contributed by atoms with van der Waals surface area (Å²) in [5, 5.41) is 2.56. The Kier molecular flexibility index (Phi) is 5.70. The zero-order valence-corrected chi connectivity index (χ0v) is 14.4. The highest BCUT2D eigenvalue weighted by Crippen LogP contribution is 2.23. The van der Waals surface area contributed by atoms with Gasteiger partial charge >= 0.3 is 6.36 Å². The van der Waals surface area contributed by atoms with Crippen molar-refractivity contribution in [1.29, 1.82) is 0 Å². The van der Waals surface area contributed by atoms with Gasteiger partial charge in [0.15, 0.2) is 0 Å². The Morgan fingerprint density at radius 1 is 1.16 bits per heavy atom. The van der Waals surface area contributed by atoms with Gasteiger partial charge in [-0.2, -0.15) is 0 Å². The molecule has 2 N–H and O–H groups in total. The van der Waals surface area contributed by atoms with Gasteiger partial charge in [0.05, 0.1) is 6.54 Å². The molecule has 0 radical (unpaired) electrons. The molecule has 6 nitrogen and oxygen atoms in total. The monoisotopic (exact) mass is 394 g/mol. The molecule has 0 unspecified atom stereocenters. The summed E-state index contributed by atoms with van der Waals surface area (Å²) in [7, 11) is -2.24. The van der Waals surface area contributed by atoms with Crippen molar-refractivity contribution >= 4 is 27.3 Å². The summed E-state index contributed by atoms with van der Waals surface area (Å²) in [5.41, 5.74) is 0.147. The number of rotatable bonds is 6. The SMILES string of the molecule is CNS(=O)(=O)c1ccc(CNC(=O)c2ccc(OC(F)(F)F)cc2)s1. The fraction of sp³-hybridized carbons (Fsp3) is 0.214. The van der Waals surface area contributed by atoms with E-state index in [1.807, 2.05) is 0 Å². The molecular formula is C14H13F3N2O4S2. The van der Waals surface area contributed by atoms with Crippen LogP contribution in [0.15, 0.2) is 40.6 Å². The highest BCUT2D eigenvalue weighted by Gasteiger charge is 2.31. The molecule has 0 saturated carbocycles. The van der Waals surface area contributed by atoms with Crippen molar-refractivity contribution in [3.8, 4) is 5.75 Å². The molecule has 0 spiro atoms. The maximum Gasteiger partial charge on any atom is 0.573 e. The van der Waals surface area contributed by atoms with E-state index in [0.29, 0.717) is 4.88 Å². The molecule has 1 aromatic heterocycles. The number of carbonyl (C=O) groups is 1. The third kappa shape index (κ3) is 5.44. The Hall–Kier alpha value is -2.11. The van der Waals surface area contributed by atoms with E-state index in [-0.39, 0.29) is 16.3 Å². The molecule has 1 aromatic carbocycles. The molecule has 0 aliphatic carbocycles. The summed E-state index contributed by atoms with van der Waals surface area (Å²) in [5.74, 6) is -0.936. The van der Waals surface area contributed by atoms with Crippen LogP contribution >= 0.6 is 11.3 Å². The van der Waals surface area contributed by atoms with E-state index in [4.69, 9.17) is 0 Å². The topological polar surface area (TPSA) is 84.5 Å². The summed E-state index contributed by atoms with van der Waals surface area (Å²) in [4.78, 5) is 12.6. The Morgan fingerprint density at radius 3 is 2.36 bits per heavy atom. The summed E-state index contributed by atoms with van der Waals surface area (Å²) in [6.45, 7) is 0.0868. The van der Waals surface area contributed by atoms with E-state index in [0.717, 1.165) is 23.5 Å². The van der Waals surface area contributed by atoms with Gasteiger partial charge in [-0.25, -0.2) is 13.1 Å². The lowest BCUT2D eigenvalue weighted by Crippen LogP contribution is -2.22. The molecule has 0 atom stereocenters. The minimum Gasteiger partial charge on any atom is -0.406 e. The summed E-state index contributed by atoms with van der Waals surface area (Å²) in [6.07, 6.45) is -4.80. The van der Waals surface area contributed by atoms with Crippen molar-refractivity contribution < 1.29 is 31.1 Å². The number of sulfonamides is 1. The number of ether oxygens (including phenoxy) is 1. The second kappa shape index (κ2) is 7.42. The first kappa shape index (κ1) is 19.2. The quantitative estimate of drug-likeness (QED) is 0.789. The zero-order chi connectivity index (χ0) is 18.7. The largest absolute Gasteiger partial charge is 0.573 e. The van der Waals surface area contributed by atoms with Gasteiger partial charge in [0.1, 0.15) is 9.96 Å². The molecule has 136 valence electrons. The van der Waals surface area contributed by atoms with E-state index in [2.05, 4.69) is 14.8 Å². The van der Waals surface area contributed by atoms with Crippen LogP contribution in [0.25, 0.3) is 0 Å². The highest BCUT2D eigenvalue weighted by molar-refractivity contribution is 7.91. The molecule has 0 bridgehead atoms. The van der Waals surface area contributed by atoms with Crippen molar-refractivity contribution in [2.75, 3.05) is 7.05 Å². The van der Waals surface area contributed by atoms with E-state index >= 15 is 0 Å². The lowest BCUT2D eigenvalue weighted by atomic mass is 10.2.